The van der Waals surface area contributed by atoms with Crippen molar-refractivity contribution in [1.82, 2.24) is 9.80 Å². The van der Waals surface area contributed by atoms with Crippen LogP contribution in [0.25, 0.3) is 6.08 Å². The molecule has 0 N–H and O–H groups in total. The largest absolute Gasteiger partial charge is 0.493 e. The van der Waals surface area contributed by atoms with E-state index < -0.39 is 0 Å². The lowest BCUT2D eigenvalue weighted by Gasteiger charge is -2.33. The molecule has 5 rings (SSSR count). The average molecular weight is 513 g/mol. The highest BCUT2D eigenvalue weighted by atomic mass is 16.5. The molecule has 0 aliphatic carbocycles. The minimum Gasteiger partial charge on any atom is -0.493 e. The molecule has 1 saturated heterocycles. The molecule has 2 aliphatic heterocycles. The summed E-state index contributed by atoms with van der Waals surface area (Å²) < 4.78 is 17.9. The fourth-order valence-electron chi connectivity index (χ4n) is 5.61. The molecule has 0 spiro atoms. The van der Waals surface area contributed by atoms with E-state index in [1.54, 1.807) is 20.3 Å². The Labute approximate surface area is 225 Å². The second-order valence-electron chi connectivity index (χ2n) is 10.1. The highest BCUT2D eigenvalue weighted by Crippen LogP contribution is 2.41. The minimum atomic E-state index is -0.0392. The number of hydrogen-bond acceptors (Lipinski definition) is 5. The highest BCUT2D eigenvalue weighted by molar-refractivity contribution is 5.96. The number of rotatable bonds is 7. The van der Waals surface area contributed by atoms with E-state index in [2.05, 4.69) is 54.3 Å². The summed E-state index contributed by atoms with van der Waals surface area (Å²) in [4.78, 5) is 18.3. The van der Waals surface area contributed by atoms with E-state index in [0.29, 0.717) is 35.9 Å². The van der Waals surface area contributed by atoms with Gasteiger partial charge in [0, 0.05) is 37.8 Å². The molecule has 3 aromatic rings. The van der Waals surface area contributed by atoms with Crippen molar-refractivity contribution < 1.29 is 19.0 Å². The van der Waals surface area contributed by atoms with Gasteiger partial charge in [-0.15, -0.1) is 0 Å². The summed E-state index contributed by atoms with van der Waals surface area (Å²) in [6.45, 7) is 5.06. The molecule has 1 fully saturated rings. The number of fused-ring (bicyclic) bond motifs is 3. The molecule has 2 heterocycles. The Morgan fingerprint density at radius 3 is 2.42 bits per heavy atom. The van der Waals surface area contributed by atoms with Crippen molar-refractivity contribution in [3.05, 3.63) is 95.1 Å². The van der Waals surface area contributed by atoms with Crippen LogP contribution in [-0.2, 0) is 6.54 Å². The van der Waals surface area contributed by atoms with Crippen LogP contribution in [0.15, 0.2) is 78.4 Å². The second kappa shape index (κ2) is 11.7. The topological polar surface area (TPSA) is 51.2 Å². The minimum absolute atomic E-state index is 0.0106. The van der Waals surface area contributed by atoms with Gasteiger partial charge in [-0.2, -0.15) is 0 Å². The Morgan fingerprint density at radius 2 is 1.71 bits per heavy atom. The fourth-order valence-corrected chi connectivity index (χ4v) is 5.61. The van der Waals surface area contributed by atoms with Crippen molar-refractivity contribution in [1.29, 1.82) is 0 Å². The van der Waals surface area contributed by atoms with Crippen molar-refractivity contribution in [2.75, 3.05) is 33.9 Å². The molecular weight excluding hydrogens is 476 g/mol. The van der Waals surface area contributed by atoms with Crippen LogP contribution in [0, 0.1) is 0 Å². The van der Waals surface area contributed by atoms with Crippen LogP contribution in [0.1, 0.15) is 41.3 Å². The number of benzene rings is 3. The van der Waals surface area contributed by atoms with Gasteiger partial charge in [-0.05, 0) is 43.0 Å². The van der Waals surface area contributed by atoms with E-state index in [1.807, 2.05) is 35.2 Å². The molecular formula is C32H36N2O4. The molecule has 1 amide bonds. The maximum Gasteiger partial charge on any atom is 0.254 e. The molecule has 38 heavy (non-hydrogen) atoms. The summed E-state index contributed by atoms with van der Waals surface area (Å²) in [7, 11) is 3.20. The van der Waals surface area contributed by atoms with Crippen LogP contribution < -0.4 is 14.2 Å². The summed E-state index contributed by atoms with van der Waals surface area (Å²) >= 11 is 0. The molecule has 6 nitrogen and oxygen atoms in total. The molecule has 0 saturated carbocycles. The SMILES string of the molecule is COc1cc2cc(c1OC)OC1CCN(Cc3ccccc3)C1CCN(C/C(C)=C/c1ccccc1)C2=O. The smallest absolute Gasteiger partial charge is 0.254 e. The molecule has 0 radical (unpaired) electrons. The van der Waals surface area contributed by atoms with Crippen molar-refractivity contribution in [3.63, 3.8) is 0 Å². The van der Waals surface area contributed by atoms with Gasteiger partial charge in [0.05, 0.1) is 14.2 Å². The van der Waals surface area contributed by atoms with E-state index in [-0.39, 0.29) is 18.1 Å². The number of hydrogen-bond donors (Lipinski definition) is 0. The molecule has 2 bridgehead atoms. The number of nitrogens with zero attached hydrogens (tertiary/aromatic N) is 2. The molecule has 2 atom stereocenters. The van der Waals surface area contributed by atoms with Crippen LogP contribution in [-0.4, -0.2) is 61.7 Å². The van der Waals surface area contributed by atoms with E-state index in [0.717, 1.165) is 37.1 Å². The second-order valence-corrected chi connectivity index (χ2v) is 10.1. The molecule has 3 aromatic carbocycles. The van der Waals surface area contributed by atoms with E-state index in [1.165, 1.54) is 5.56 Å². The van der Waals surface area contributed by atoms with Gasteiger partial charge in [0.25, 0.3) is 5.91 Å². The fraction of sp³-hybridized carbons (Fsp3) is 0.344. The quantitative estimate of drug-likeness (QED) is 0.408. The van der Waals surface area contributed by atoms with Crippen LogP contribution in [0.4, 0.5) is 0 Å². The third-order valence-electron chi connectivity index (χ3n) is 7.43. The van der Waals surface area contributed by atoms with Gasteiger partial charge in [-0.1, -0.05) is 72.3 Å². The van der Waals surface area contributed by atoms with Crippen molar-refractivity contribution in [3.8, 4) is 17.2 Å². The Kier molecular flexibility index (Phi) is 7.99. The zero-order valence-corrected chi connectivity index (χ0v) is 22.4. The highest BCUT2D eigenvalue weighted by Gasteiger charge is 2.38. The van der Waals surface area contributed by atoms with Crippen molar-refractivity contribution in [2.45, 2.75) is 38.5 Å². The Balaban J connectivity index is 1.48. The summed E-state index contributed by atoms with van der Waals surface area (Å²) in [5.74, 6) is 1.55. The number of ether oxygens (including phenoxy) is 3. The summed E-state index contributed by atoms with van der Waals surface area (Å²) in [5.41, 5.74) is 4.08. The predicted octanol–water partition coefficient (Wildman–Crippen LogP) is 5.68. The molecule has 2 aliphatic rings. The molecule has 0 aromatic heterocycles. The van der Waals surface area contributed by atoms with Crippen LogP contribution in [0.2, 0.25) is 0 Å². The maximum absolute atomic E-state index is 13.9. The summed E-state index contributed by atoms with van der Waals surface area (Å²) in [6, 6.07) is 24.5. The number of carbonyl (C=O) groups excluding carboxylic acids is 1. The van der Waals surface area contributed by atoms with Gasteiger partial charge < -0.3 is 19.1 Å². The number of methoxy groups -OCH3 is 2. The van der Waals surface area contributed by atoms with Crippen molar-refractivity contribution >= 4 is 12.0 Å². The first-order chi connectivity index (χ1) is 18.6. The molecule has 6 heteroatoms. The van der Waals surface area contributed by atoms with Gasteiger partial charge in [0.2, 0.25) is 5.75 Å². The normalized spacial score (nSPS) is 20.0. The zero-order valence-electron chi connectivity index (χ0n) is 22.4. The number of carbonyl (C=O) groups is 1. The molecule has 2 unspecified atom stereocenters. The predicted molar refractivity (Wildman–Crippen MR) is 150 cm³/mol. The number of likely N-dealkylation sites (tertiary alicyclic amines) is 1. The Bertz CT molecular complexity index is 1280. The standard InChI is InChI=1S/C32H36N2O4/c1-23(18-24-10-6-4-7-11-24)21-34-16-14-27-28(15-17-33(27)22-25-12-8-5-9-13-25)38-30-20-26(32(34)35)19-29(36-2)31(30)37-3/h4-13,18-20,27-28H,14-17,21-22H2,1-3H3/b23-18+. The Hall–Kier alpha value is -3.77. The first-order valence-corrected chi connectivity index (χ1v) is 13.3. The average Bonchev–Trinajstić information content (AvgIpc) is 3.31. The van der Waals surface area contributed by atoms with Gasteiger partial charge in [0.1, 0.15) is 6.10 Å². The molecule has 198 valence electrons. The lowest BCUT2D eigenvalue weighted by atomic mass is 10.0. The van der Waals surface area contributed by atoms with E-state index in [9.17, 15) is 4.79 Å². The van der Waals surface area contributed by atoms with Crippen molar-refractivity contribution in [2.24, 2.45) is 0 Å². The lowest BCUT2D eigenvalue weighted by Crippen LogP contribution is -2.43. The monoisotopic (exact) mass is 512 g/mol. The van der Waals surface area contributed by atoms with Gasteiger partial charge in [-0.25, -0.2) is 0 Å². The lowest BCUT2D eigenvalue weighted by molar-refractivity contribution is 0.0703. The van der Waals surface area contributed by atoms with E-state index >= 15 is 0 Å². The van der Waals surface area contributed by atoms with Crippen LogP contribution in [0.5, 0.6) is 17.2 Å². The third-order valence-corrected chi connectivity index (χ3v) is 7.43. The zero-order chi connectivity index (χ0) is 26.5. The first kappa shape index (κ1) is 25.9. The first-order valence-electron chi connectivity index (χ1n) is 13.3. The van der Waals surface area contributed by atoms with Gasteiger partial charge >= 0.3 is 0 Å². The number of amides is 1. The summed E-state index contributed by atoms with van der Waals surface area (Å²) in [5, 5.41) is 0. The maximum atomic E-state index is 13.9. The van der Waals surface area contributed by atoms with Gasteiger partial charge in [-0.3, -0.25) is 9.69 Å². The van der Waals surface area contributed by atoms with Crippen LogP contribution >= 0.6 is 0 Å². The third kappa shape index (κ3) is 5.70. The van der Waals surface area contributed by atoms with Gasteiger partial charge in [0.15, 0.2) is 11.5 Å². The van der Waals surface area contributed by atoms with E-state index in [4.69, 9.17) is 14.2 Å². The summed E-state index contributed by atoms with van der Waals surface area (Å²) in [6.07, 6.45) is 3.87. The Morgan fingerprint density at radius 1 is 0.974 bits per heavy atom. The van der Waals surface area contributed by atoms with Crippen LogP contribution in [0.3, 0.4) is 0 Å².